The molecule has 2 aliphatic rings. The topological polar surface area (TPSA) is 228 Å². The maximum atomic E-state index is 13.3. The molecule has 0 aromatic rings. The van der Waals surface area contributed by atoms with Crippen LogP contribution in [0.25, 0.3) is 0 Å². The molecule has 0 aliphatic carbocycles. The second kappa shape index (κ2) is 53.9. The number of carbonyl (C=O) groups excluding carboxylic acids is 1. The number of allylic oxidation sites excluding steroid dienone is 2. The normalized spacial score (nSPS) is 23.9. The second-order valence-corrected chi connectivity index (χ2v) is 25.0. The first-order chi connectivity index (χ1) is 40.1. The minimum atomic E-state index is -1.78. The lowest BCUT2D eigenvalue weighted by Gasteiger charge is -2.46. The van der Waals surface area contributed by atoms with E-state index in [9.17, 15) is 45.6 Å². The van der Waals surface area contributed by atoms with Crippen molar-refractivity contribution in [1.82, 2.24) is 5.32 Å². The van der Waals surface area contributed by atoms with Crippen LogP contribution in [0.2, 0.25) is 0 Å². The summed E-state index contributed by atoms with van der Waals surface area (Å²) in [6.07, 6.45) is 48.0. The fraction of sp³-hybridized carbons (Fsp3) is 0.956. The molecule has 2 rings (SSSR count). The van der Waals surface area contributed by atoms with Crippen LogP contribution in [0.15, 0.2) is 12.2 Å². The number of nitrogens with one attached hydrogen (secondary N) is 1. The molecular formula is C68H131NO13. The molecule has 0 aromatic carbocycles. The molecule has 0 spiro atoms. The van der Waals surface area contributed by atoms with Crippen LogP contribution in [0.3, 0.4) is 0 Å². The number of hydrogen-bond acceptors (Lipinski definition) is 13. The number of aliphatic hydroxyl groups excluding tert-OH is 8. The Bertz CT molecular complexity index is 1420. The number of amides is 1. The van der Waals surface area contributed by atoms with Crippen molar-refractivity contribution in [1.29, 1.82) is 0 Å². The smallest absolute Gasteiger partial charge is 0.220 e. The van der Waals surface area contributed by atoms with Gasteiger partial charge in [0.25, 0.3) is 0 Å². The van der Waals surface area contributed by atoms with Gasteiger partial charge in [0.15, 0.2) is 12.6 Å². The average molecular weight is 1170 g/mol. The number of rotatable bonds is 58. The summed E-state index contributed by atoms with van der Waals surface area (Å²) in [6, 6.07) is -0.828. The summed E-state index contributed by atoms with van der Waals surface area (Å²) < 4.78 is 22.9. The van der Waals surface area contributed by atoms with E-state index in [1.165, 1.54) is 244 Å². The highest BCUT2D eigenvalue weighted by atomic mass is 16.7. The molecule has 2 aliphatic heterocycles. The van der Waals surface area contributed by atoms with Crippen LogP contribution in [-0.2, 0) is 23.7 Å². The van der Waals surface area contributed by atoms with E-state index >= 15 is 0 Å². The Morgan fingerprint density at radius 1 is 0.427 bits per heavy atom. The van der Waals surface area contributed by atoms with E-state index in [4.69, 9.17) is 18.9 Å². The molecule has 0 aromatic heterocycles. The molecule has 14 nitrogen and oxygen atoms in total. The van der Waals surface area contributed by atoms with Gasteiger partial charge < -0.3 is 65.1 Å². The van der Waals surface area contributed by atoms with E-state index in [1.807, 2.05) is 0 Å². The second-order valence-electron chi connectivity index (χ2n) is 25.0. The van der Waals surface area contributed by atoms with E-state index < -0.39 is 86.8 Å². The Balaban J connectivity index is 1.66. The van der Waals surface area contributed by atoms with E-state index in [-0.39, 0.29) is 12.5 Å². The predicted molar refractivity (Wildman–Crippen MR) is 332 cm³/mol. The van der Waals surface area contributed by atoms with Gasteiger partial charge in [0.2, 0.25) is 5.91 Å². The van der Waals surface area contributed by atoms with E-state index in [2.05, 4.69) is 31.3 Å². The number of hydrogen-bond donors (Lipinski definition) is 9. The summed E-state index contributed by atoms with van der Waals surface area (Å²) >= 11 is 0. The molecule has 12 atom stereocenters. The minimum absolute atomic E-state index is 0.203. The molecule has 14 heteroatoms. The Morgan fingerprint density at radius 2 is 0.768 bits per heavy atom. The fourth-order valence-corrected chi connectivity index (χ4v) is 11.9. The fourth-order valence-electron chi connectivity index (χ4n) is 11.9. The van der Waals surface area contributed by atoms with Crippen molar-refractivity contribution in [3.05, 3.63) is 12.2 Å². The van der Waals surface area contributed by atoms with Crippen molar-refractivity contribution < 1.29 is 64.6 Å². The van der Waals surface area contributed by atoms with E-state index in [0.29, 0.717) is 12.8 Å². The third-order valence-electron chi connectivity index (χ3n) is 17.5. The van der Waals surface area contributed by atoms with Crippen LogP contribution in [-0.4, -0.2) is 140 Å². The highest BCUT2D eigenvalue weighted by Gasteiger charge is 2.51. The Labute approximate surface area is 501 Å². The van der Waals surface area contributed by atoms with Crippen LogP contribution in [0, 0.1) is 0 Å². The molecule has 2 fully saturated rings. The molecule has 0 saturated carbocycles. The predicted octanol–water partition coefficient (Wildman–Crippen LogP) is 13.8. The Hall–Kier alpha value is -1.27. The van der Waals surface area contributed by atoms with Gasteiger partial charge in [0, 0.05) is 6.42 Å². The van der Waals surface area contributed by atoms with Crippen molar-refractivity contribution >= 4 is 5.91 Å². The van der Waals surface area contributed by atoms with E-state index in [0.717, 1.165) is 51.4 Å². The van der Waals surface area contributed by atoms with Crippen molar-refractivity contribution in [3.8, 4) is 0 Å². The molecule has 2 heterocycles. The van der Waals surface area contributed by atoms with Gasteiger partial charge in [0.05, 0.1) is 32.0 Å². The molecular weight excluding hydrogens is 1040 g/mol. The SMILES string of the molecule is CCCCCCCC/C=C\CCCCCCCCCCCC(=O)NC(COC1OC(CO)C(OC2OC(CO)C(O)C(O)C2O)C(O)C1O)C(O)CCCCCCCCCCCCCCCCCCCCCCCCCCCCCCC. The molecule has 1 amide bonds. The maximum absolute atomic E-state index is 13.3. The first-order valence-electron chi connectivity index (χ1n) is 34.9. The zero-order valence-electron chi connectivity index (χ0n) is 52.8. The summed E-state index contributed by atoms with van der Waals surface area (Å²) in [4.78, 5) is 13.3. The molecule has 12 unspecified atom stereocenters. The zero-order chi connectivity index (χ0) is 59.5. The van der Waals surface area contributed by atoms with Crippen molar-refractivity contribution in [2.24, 2.45) is 0 Å². The highest BCUT2D eigenvalue weighted by Crippen LogP contribution is 2.30. The van der Waals surface area contributed by atoms with Gasteiger partial charge in [-0.2, -0.15) is 0 Å². The van der Waals surface area contributed by atoms with Gasteiger partial charge >= 0.3 is 0 Å². The summed E-state index contributed by atoms with van der Waals surface area (Å²) in [5.41, 5.74) is 0. The first-order valence-corrected chi connectivity index (χ1v) is 34.9. The van der Waals surface area contributed by atoms with Gasteiger partial charge in [-0.25, -0.2) is 0 Å². The maximum Gasteiger partial charge on any atom is 0.220 e. The lowest BCUT2D eigenvalue weighted by atomic mass is 9.97. The van der Waals surface area contributed by atoms with Gasteiger partial charge in [-0.05, 0) is 38.5 Å². The van der Waals surface area contributed by atoms with Crippen molar-refractivity contribution in [3.63, 3.8) is 0 Å². The van der Waals surface area contributed by atoms with Gasteiger partial charge in [-0.15, -0.1) is 0 Å². The lowest BCUT2D eigenvalue weighted by molar-refractivity contribution is -0.359. The molecule has 9 N–H and O–H groups in total. The average Bonchev–Trinajstić information content (AvgIpc) is 3.67. The van der Waals surface area contributed by atoms with Crippen LogP contribution >= 0.6 is 0 Å². The Morgan fingerprint density at radius 3 is 1.16 bits per heavy atom. The van der Waals surface area contributed by atoms with E-state index in [1.54, 1.807) is 0 Å². The third-order valence-corrected chi connectivity index (χ3v) is 17.5. The van der Waals surface area contributed by atoms with Crippen molar-refractivity contribution in [2.45, 2.75) is 396 Å². The summed E-state index contributed by atoms with van der Waals surface area (Å²) in [5, 5.41) is 87.6. The molecule has 0 bridgehead atoms. The molecule has 486 valence electrons. The monoisotopic (exact) mass is 1170 g/mol. The third kappa shape index (κ3) is 38.1. The summed E-state index contributed by atoms with van der Waals surface area (Å²) in [6.45, 7) is 2.91. The molecule has 0 radical (unpaired) electrons. The van der Waals surface area contributed by atoms with Gasteiger partial charge in [0.1, 0.15) is 48.8 Å². The largest absolute Gasteiger partial charge is 0.394 e. The summed E-state index contributed by atoms with van der Waals surface area (Å²) in [5.74, 6) is -0.203. The number of aliphatic hydroxyl groups is 8. The molecule has 82 heavy (non-hydrogen) atoms. The minimum Gasteiger partial charge on any atom is -0.394 e. The van der Waals surface area contributed by atoms with Crippen LogP contribution in [0.5, 0.6) is 0 Å². The van der Waals surface area contributed by atoms with Gasteiger partial charge in [-0.3, -0.25) is 4.79 Å². The highest BCUT2D eigenvalue weighted by molar-refractivity contribution is 5.76. The first kappa shape index (κ1) is 76.8. The number of ether oxygens (including phenoxy) is 4. The quantitative estimate of drug-likeness (QED) is 0.0204. The summed E-state index contributed by atoms with van der Waals surface area (Å²) in [7, 11) is 0. The van der Waals surface area contributed by atoms with Crippen molar-refractivity contribution in [2.75, 3.05) is 19.8 Å². The zero-order valence-corrected chi connectivity index (χ0v) is 52.8. The molecule has 2 saturated heterocycles. The van der Waals surface area contributed by atoms with Crippen LogP contribution in [0.1, 0.15) is 322 Å². The van der Waals surface area contributed by atoms with Crippen LogP contribution < -0.4 is 5.32 Å². The Kier molecular flexibility index (Phi) is 50.5. The van der Waals surface area contributed by atoms with Gasteiger partial charge in [-0.1, -0.05) is 289 Å². The number of carbonyl (C=O) groups is 1. The lowest BCUT2D eigenvalue weighted by Crippen LogP contribution is -2.65. The van der Waals surface area contributed by atoms with Crippen LogP contribution in [0.4, 0.5) is 0 Å². The number of unbranched alkanes of at least 4 members (excludes halogenated alkanes) is 43. The standard InChI is InChI=1S/C68H131NO13/c1-3-5-7-9-11-13-15-17-19-21-23-24-25-26-27-28-29-30-31-32-34-35-37-39-41-43-45-47-49-51-57(72)56(69-60(73)52-50-48-46-44-42-40-38-36-33-22-20-18-16-14-12-10-8-6-4-2)55-79-67-65(78)63(76)66(59(54-71)81-67)82-68-64(77)62(75)61(74)58(53-70)80-68/h18,20,56-59,61-68,70-72,74-78H,3-17,19,21-55H2,1-2H3,(H,69,73)/b20-18-.